The maximum atomic E-state index is 13.3. The summed E-state index contributed by atoms with van der Waals surface area (Å²) in [7, 11) is 0. The van der Waals surface area contributed by atoms with Gasteiger partial charge < -0.3 is 10.4 Å². The first-order valence-electron chi connectivity index (χ1n) is 5.60. The molecule has 1 aromatic rings. The molecule has 0 aliphatic rings. The maximum absolute atomic E-state index is 13.3. The summed E-state index contributed by atoms with van der Waals surface area (Å²) in [6, 6.07) is 1.90. The normalized spacial score (nSPS) is 12.4. The predicted molar refractivity (Wildman–Crippen MR) is 72.1 cm³/mol. The van der Waals surface area contributed by atoms with Gasteiger partial charge in [-0.1, -0.05) is 11.6 Å². The monoisotopic (exact) mass is 290 g/mol. The van der Waals surface area contributed by atoms with E-state index >= 15 is 0 Å². The van der Waals surface area contributed by atoms with E-state index in [2.05, 4.69) is 5.32 Å². The molecule has 19 heavy (non-hydrogen) atoms. The van der Waals surface area contributed by atoms with Crippen molar-refractivity contribution in [3.63, 3.8) is 0 Å². The lowest BCUT2D eigenvalue weighted by molar-refractivity contribution is -0.384. The van der Waals surface area contributed by atoms with Gasteiger partial charge in [-0.3, -0.25) is 10.1 Å². The zero-order valence-corrected chi connectivity index (χ0v) is 11.9. The minimum Gasteiger partial charge on any atom is -0.388 e. The largest absolute Gasteiger partial charge is 0.388 e. The Hall–Kier alpha value is -1.40. The van der Waals surface area contributed by atoms with Crippen molar-refractivity contribution in [1.82, 2.24) is 0 Å². The van der Waals surface area contributed by atoms with Crippen LogP contribution >= 0.6 is 11.6 Å². The van der Waals surface area contributed by atoms with E-state index in [1.807, 2.05) is 0 Å². The lowest BCUT2D eigenvalue weighted by Crippen LogP contribution is -2.51. The fourth-order valence-corrected chi connectivity index (χ4v) is 1.44. The van der Waals surface area contributed by atoms with Gasteiger partial charge in [0.1, 0.15) is 11.5 Å². The summed E-state index contributed by atoms with van der Waals surface area (Å²) in [5.74, 6) is -0.861. The standard InChI is InChI=1S/C12H16ClFN2O3/c1-11(2,12(3,4)17)15-9-5-7(13)8(14)6-10(9)16(18)19/h5-6,15,17H,1-4H3. The van der Waals surface area contributed by atoms with Crippen molar-refractivity contribution in [3.05, 3.63) is 33.1 Å². The number of hydrogen-bond acceptors (Lipinski definition) is 4. The van der Waals surface area contributed by atoms with Crippen LogP contribution in [0.15, 0.2) is 12.1 Å². The number of rotatable bonds is 4. The van der Waals surface area contributed by atoms with E-state index in [9.17, 15) is 19.6 Å². The summed E-state index contributed by atoms with van der Waals surface area (Å²) in [5.41, 5.74) is -2.40. The van der Waals surface area contributed by atoms with E-state index in [0.29, 0.717) is 0 Å². The Bertz CT molecular complexity index is 512. The lowest BCUT2D eigenvalue weighted by Gasteiger charge is -2.38. The van der Waals surface area contributed by atoms with Crippen LogP contribution in [0.4, 0.5) is 15.8 Å². The number of hydrogen-bond donors (Lipinski definition) is 2. The van der Waals surface area contributed by atoms with Gasteiger partial charge in [-0.05, 0) is 33.8 Å². The molecule has 0 radical (unpaired) electrons. The average Bonchev–Trinajstić information content (AvgIpc) is 2.20. The molecule has 0 aromatic heterocycles. The number of benzene rings is 1. The third kappa shape index (κ3) is 3.33. The minimum absolute atomic E-state index is 0.0588. The summed E-state index contributed by atoms with van der Waals surface area (Å²) in [4.78, 5) is 10.2. The Morgan fingerprint density at radius 2 is 1.89 bits per heavy atom. The molecule has 0 amide bonds. The molecule has 106 valence electrons. The van der Waals surface area contributed by atoms with Crippen LogP contribution in [0, 0.1) is 15.9 Å². The van der Waals surface area contributed by atoms with Crippen LogP contribution in [-0.4, -0.2) is 21.2 Å². The second kappa shape index (κ2) is 4.94. The molecule has 0 saturated carbocycles. The second-order valence-electron chi connectivity index (χ2n) is 5.35. The van der Waals surface area contributed by atoms with Crippen LogP contribution in [0.5, 0.6) is 0 Å². The molecule has 0 aliphatic carbocycles. The van der Waals surface area contributed by atoms with Crippen molar-refractivity contribution in [2.24, 2.45) is 0 Å². The molecule has 0 heterocycles. The second-order valence-corrected chi connectivity index (χ2v) is 5.76. The van der Waals surface area contributed by atoms with Gasteiger partial charge >= 0.3 is 0 Å². The van der Waals surface area contributed by atoms with Gasteiger partial charge in [0.05, 0.1) is 27.2 Å². The minimum atomic E-state index is -1.15. The van der Waals surface area contributed by atoms with Gasteiger partial charge in [-0.15, -0.1) is 0 Å². The Morgan fingerprint density at radius 3 is 2.32 bits per heavy atom. The summed E-state index contributed by atoms with van der Waals surface area (Å²) in [5, 5.41) is 23.5. The Labute approximate surface area is 115 Å². The highest BCUT2D eigenvalue weighted by Gasteiger charge is 2.36. The first kappa shape index (κ1) is 15.7. The van der Waals surface area contributed by atoms with Crippen molar-refractivity contribution in [2.45, 2.75) is 38.8 Å². The van der Waals surface area contributed by atoms with Gasteiger partial charge in [-0.2, -0.15) is 0 Å². The first-order chi connectivity index (χ1) is 8.45. The van der Waals surface area contributed by atoms with Crippen LogP contribution in [-0.2, 0) is 0 Å². The van der Waals surface area contributed by atoms with Gasteiger partial charge in [0.15, 0.2) is 0 Å². The van der Waals surface area contributed by atoms with Crippen molar-refractivity contribution >= 4 is 23.0 Å². The summed E-state index contributed by atoms with van der Waals surface area (Å²) in [6.07, 6.45) is 0. The molecule has 0 saturated heterocycles. The van der Waals surface area contributed by atoms with E-state index in [1.165, 1.54) is 0 Å². The summed E-state index contributed by atoms with van der Waals surface area (Å²) >= 11 is 5.63. The smallest absolute Gasteiger partial charge is 0.295 e. The fourth-order valence-electron chi connectivity index (χ4n) is 1.28. The van der Waals surface area contributed by atoms with Gasteiger partial charge in [-0.25, -0.2) is 4.39 Å². The van der Waals surface area contributed by atoms with Crippen LogP contribution in [0.25, 0.3) is 0 Å². The molecular formula is C12H16ClFN2O3. The molecule has 0 bridgehead atoms. The van der Waals surface area contributed by atoms with Crippen LogP contribution in [0.1, 0.15) is 27.7 Å². The molecule has 2 N–H and O–H groups in total. The van der Waals surface area contributed by atoms with Crippen molar-refractivity contribution in [1.29, 1.82) is 0 Å². The number of nitrogens with one attached hydrogen (secondary N) is 1. The fraction of sp³-hybridized carbons (Fsp3) is 0.500. The van der Waals surface area contributed by atoms with Crippen LogP contribution in [0.3, 0.4) is 0 Å². The zero-order chi connectivity index (χ0) is 15.0. The topological polar surface area (TPSA) is 75.4 Å². The predicted octanol–water partition coefficient (Wildman–Crippen LogP) is 3.35. The summed E-state index contributed by atoms with van der Waals surface area (Å²) in [6.45, 7) is 6.48. The number of nitro benzene ring substituents is 1. The van der Waals surface area contributed by atoms with Crippen molar-refractivity contribution in [3.8, 4) is 0 Å². The highest BCUT2D eigenvalue weighted by molar-refractivity contribution is 6.31. The molecule has 0 fully saturated rings. The lowest BCUT2D eigenvalue weighted by atomic mass is 9.85. The molecular weight excluding hydrogens is 275 g/mol. The molecule has 0 unspecified atom stereocenters. The first-order valence-corrected chi connectivity index (χ1v) is 5.97. The average molecular weight is 291 g/mol. The summed E-state index contributed by atoms with van der Waals surface area (Å²) < 4.78 is 13.3. The van der Waals surface area contributed by atoms with Crippen molar-refractivity contribution in [2.75, 3.05) is 5.32 Å². The number of nitrogens with zero attached hydrogens (tertiary/aromatic N) is 1. The molecule has 1 aromatic carbocycles. The van der Waals surface area contributed by atoms with E-state index in [4.69, 9.17) is 11.6 Å². The third-order valence-electron chi connectivity index (χ3n) is 3.21. The van der Waals surface area contributed by atoms with Crippen molar-refractivity contribution < 1.29 is 14.4 Å². The van der Waals surface area contributed by atoms with Gasteiger partial charge in [0.25, 0.3) is 5.69 Å². The molecule has 1 rings (SSSR count). The van der Waals surface area contributed by atoms with Gasteiger partial charge in [0.2, 0.25) is 0 Å². The quantitative estimate of drug-likeness (QED) is 0.658. The number of halogens is 2. The SMILES string of the molecule is CC(C)(O)C(C)(C)Nc1cc(Cl)c(F)cc1[N+](=O)[O-]. The maximum Gasteiger partial charge on any atom is 0.295 e. The van der Waals surface area contributed by atoms with Crippen LogP contribution in [0.2, 0.25) is 5.02 Å². The van der Waals surface area contributed by atoms with E-state index in [1.54, 1.807) is 27.7 Å². The molecule has 0 aliphatic heterocycles. The highest BCUT2D eigenvalue weighted by Crippen LogP contribution is 2.34. The Balaban J connectivity index is 3.28. The Kier molecular flexibility index (Phi) is 4.07. The molecule has 0 spiro atoms. The third-order valence-corrected chi connectivity index (χ3v) is 3.50. The van der Waals surface area contributed by atoms with E-state index in [-0.39, 0.29) is 10.7 Å². The number of anilines is 1. The number of aliphatic hydroxyl groups is 1. The van der Waals surface area contributed by atoms with Crippen LogP contribution < -0.4 is 5.32 Å². The zero-order valence-electron chi connectivity index (χ0n) is 11.1. The highest BCUT2D eigenvalue weighted by atomic mass is 35.5. The Morgan fingerprint density at radius 1 is 1.37 bits per heavy atom. The van der Waals surface area contributed by atoms with E-state index in [0.717, 1.165) is 12.1 Å². The molecule has 0 atom stereocenters. The van der Waals surface area contributed by atoms with E-state index < -0.39 is 27.6 Å². The number of nitro groups is 1. The molecule has 5 nitrogen and oxygen atoms in total. The molecule has 7 heteroatoms. The van der Waals surface area contributed by atoms with Gasteiger partial charge in [0, 0.05) is 0 Å².